The van der Waals surface area contributed by atoms with Gasteiger partial charge in [0, 0.05) is 36.7 Å². The maximum Gasteiger partial charge on any atom is 1.00 e. The van der Waals surface area contributed by atoms with Crippen molar-refractivity contribution in [3.05, 3.63) is 32.0 Å². The van der Waals surface area contributed by atoms with E-state index in [1.54, 1.807) is 6.92 Å². The molecule has 4 rings (SSSR count). The largest absolute Gasteiger partial charge is 1.00 e. The number of rotatable bonds is 5. The summed E-state index contributed by atoms with van der Waals surface area (Å²) in [5.74, 6) is -1.12. The molecule has 3 N–H and O–H groups in total. The Morgan fingerprint density at radius 3 is 2.46 bits per heavy atom. The molecule has 0 aromatic carbocycles. The smallest absolute Gasteiger partial charge is 0.544 e. The van der Waals surface area contributed by atoms with Gasteiger partial charge in [-0.2, -0.15) is 0 Å². The van der Waals surface area contributed by atoms with Gasteiger partial charge in [0.15, 0.2) is 5.13 Å². The van der Waals surface area contributed by atoms with Gasteiger partial charge in [-0.1, -0.05) is 34.5 Å². The van der Waals surface area contributed by atoms with Crippen molar-refractivity contribution in [1.82, 2.24) is 15.3 Å². The summed E-state index contributed by atoms with van der Waals surface area (Å²) in [5, 5.41) is 24.4. The van der Waals surface area contributed by atoms with Gasteiger partial charge in [-0.3, -0.25) is 4.79 Å². The van der Waals surface area contributed by atoms with Crippen LogP contribution in [0.15, 0.2) is 0 Å². The molecular weight excluding hydrogens is 422 g/mol. The van der Waals surface area contributed by atoms with Gasteiger partial charge in [-0.25, -0.2) is 4.98 Å². The quantitative estimate of drug-likeness (QED) is 0.457. The number of amides is 1. The average Bonchev–Trinajstić information content (AvgIpc) is 3.05. The number of hydrogen-bond donors (Lipinski definition) is 3. The van der Waals surface area contributed by atoms with E-state index in [0.29, 0.717) is 28.9 Å². The number of piperidine rings is 1. The Morgan fingerprint density at radius 1 is 1.36 bits per heavy atom. The monoisotopic (exact) mass is 436 g/mol. The predicted molar refractivity (Wildman–Crippen MR) is 98.4 cm³/mol. The van der Waals surface area contributed by atoms with Crippen LogP contribution < -0.4 is 34.2 Å². The van der Waals surface area contributed by atoms with Crippen LogP contribution >= 0.6 is 34.5 Å². The number of aromatic amines is 1. The van der Waals surface area contributed by atoms with Crippen LogP contribution in [0.5, 0.6) is 0 Å². The number of carbonyl (C=O) groups is 2. The molecular formula is C16H15Cl2LiN4O4S. The van der Waals surface area contributed by atoms with E-state index in [1.165, 1.54) is 0 Å². The molecule has 0 unspecified atom stereocenters. The van der Waals surface area contributed by atoms with Gasteiger partial charge in [-0.05, 0) is 6.92 Å². The molecule has 1 aliphatic heterocycles. The Kier molecular flexibility index (Phi) is 6.06. The molecule has 2 aliphatic rings. The van der Waals surface area contributed by atoms with Gasteiger partial charge in [-0.15, -0.1) is 0 Å². The van der Waals surface area contributed by atoms with Crippen LogP contribution in [0.25, 0.3) is 0 Å². The fourth-order valence-electron chi connectivity index (χ4n) is 3.59. The maximum atomic E-state index is 12.4. The normalized spacial score (nSPS) is 22.6. The number of aromatic nitrogens is 2. The fraction of sp³-hybridized carbons (Fsp3) is 0.438. The zero-order chi connectivity index (χ0) is 19.5. The van der Waals surface area contributed by atoms with E-state index in [0.717, 1.165) is 11.3 Å². The van der Waals surface area contributed by atoms with Gasteiger partial charge >= 0.3 is 18.9 Å². The van der Waals surface area contributed by atoms with Crippen molar-refractivity contribution in [2.45, 2.75) is 19.6 Å². The Bertz CT molecular complexity index is 937. The number of nitrogens with zero attached hydrogens (tertiary/aromatic N) is 2. The summed E-state index contributed by atoms with van der Waals surface area (Å²) < 4.78 is 0. The van der Waals surface area contributed by atoms with E-state index in [2.05, 4.69) is 15.3 Å². The molecule has 12 heteroatoms. The summed E-state index contributed by atoms with van der Waals surface area (Å²) in [5.41, 5.74) is 1.02. The number of aliphatic hydroxyl groups excluding tert-OH is 1. The Hall–Kier alpha value is -1.21. The minimum Gasteiger partial charge on any atom is -0.544 e. The van der Waals surface area contributed by atoms with E-state index in [4.69, 9.17) is 23.2 Å². The van der Waals surface area contributed by atoms with Crippen molar-refractivity contribution in [2.75, 3.05) is 18.0 Å². The number of anilines is 1. The van der Waals surface area contributed by atoms with Crippen LogP contribution in [-0.2, 0) is 6.61 Å². The first-order chi connectivity index (χ1) is 12.8. The van der Waals surface area contributed by atoms with Gasteiger partial charge in [0.1, 0.15) is 5.69 Å². The number of nitrogens with one attached hydrogen (secondary N) is 2. The van der Waals surface area contributed by atoms with Crippen molar-refractivity contribution in [2.24, 2.45) is 11.8 Å². The summed E-state index contributed by atoms with van der Waals surface area (Å²) in [6.45, 7) is 2.60. The van der Waals surface area contributed by atoms with E-state index in [-0.39, 0.29) is 63.9 Å². The van der Waals surface area contributed by atoms with Crippen LogP contribution in [0.4, 0.5) is 5.13 Å². The topological polar surface area (TPSA) is 121 Å². The number of aromatic carboxylic acids is 1. The molecule has 2 aromatic heterocycles. The van der Waals surface area contributed by atoms with Crippen molar-refractivity contribution < 1.29 is 38.7 Å². The molecule has 2 aromatic rings. The number of halogens is 2. The summed E-state index contributed by atoms with van der Waals surface area (Å²) >= 11 is 13.1. The summed E-state index contributed by atoms with van der Waals surface area (Å²) in [4.78, 5) is 32.5. The second-order valence-electron chi connectivity index (χ2n) is 6.70. The first kappa shape index (κ1) is 21.5. The minimum atomic E-state index is -1.34. The number of carbonyl (C=O) groups excluding carboxylic acids is 2. The molecule has 144 valence electrons. The molecule has 0 radical (unpaired) electrons. The van der Waals surface area contributed by atoms with Gasteiger partial charge in [0.2, 0.25) is 0 Å². The van der Waals surface area contributed by atoms with Crippen molar-refractivity contribution in [3.63, 3.8) is 0 Å². The first-order valence-corrected chi connectivity index (χ1v) is 9.80. The number of hydrogen-bond acceptors (Lipinski definition) is 7. The molecule has 1 amide bonds. The molecule has 0 spiro atoms. The number of thiazole rings is 1. The second-order valence-corrected chi connectivity index (χ2v) is 8.44. The molecule has 0 bridgehead atoms. The number of fused-ring (bicyclic) bond motifs is 1. The Labute approximate surface area is 186 Å². The van der Waals surface area contributed by atoms with Crippen LogP contribution in [0.1, 0.15) is 31.5 Å². The number of H-pyrrole nitrogens is 1. The number of carboxylic acid groups (broad SMARTS) is 1. The average molecular weight is 437 g/mol. The van der Waals surface area contributed by atoms with Gasteiger partial charge < -0.3 is 30.2 Å². The molecule has 8 nitrogen and oxygen atoms in total. The van der Waals surface area contributed by atoms with Crippen LogP contribution in [0.2, 0.25) is 10.0 Å². The zero-order valence-corrected chi connectivity index (χ0v) is 17.4. The van der Waals surface area contributed by atoms with Crippen LogP contribution in [0.3, 0.4) is 0 Å². The number of carboxylic acids is 1. The molecule has 3 heterocycles. The van der Waals surface area contributed by atoms with E-state index in [9.17, 15) is 19.8 Å². The molecule has 1 saturated carbocycles. The van der Waals surface area contributed by atoms with Crippen LogP contribution in [0, 0.1) is 18.8 Å². The minimum absolute atomic E-state index is 0. The number of aliphatic hydroxyl groups is 1. The number of aryl methyl sites for hydroxylation is 1. The van der Waals surface area contributed by atoms with Crippen molar-refractivity contribution in [3.8, 4) is 0 Å². The third kappa shape index (κ3) is 3.56. The Balaban J connectivity index is 0.00000225. The van der Waals surface area contributed by atoms with Crippen molar-refractivity contribution >= 4 is 51.5 Å². The maximum absolute atomic E-state index is 12.4. The van der Waals surface area contributed by atoms with E-state index >= 15 is 0 Å². The SMILES string of the molecule is Cc1[nH]c(C(=O)N[C@@H]2[C@@H]3CN(c4nc(CO)c(C(=O)[O-])s4)C[C@@H]32)c(Cl)c1Cl.[Li+]. The van der Waals surface area contributed by atoms with E-state index < -0.39 is 12.6 Å². The molecule has 28 heavy (non-hydrogen) atoms. The van der Waals surface area contributed by atoms with E-state index in [1.807, 2.05) is 4.90 Å². The summed E-state index contributed by atoms with van der Waals surface area (Å²) in [6.07, 6.45) is 0. The first-order valence-electron chi connectivity index (χ1n) is 8.23. The Morgan fingerprint density at radius 2 is 2.00 bits per heavy atom. The van der Waals surface area contributed by atoms with Crippen LogP contribution in [-0.4, -0.2) is 46.1 Å². The van der Waals surface area contributed by atoms with Crippen molar-refractivity contribution in [1.29, 1.82) is 0 Å². The molecule has 1 saturated heterocycles. The third-order valence-corrected chi connectivity index (χ3v) is 7.15. The summed E-state index contributed by atoms with van der Waals surface area (Å²) in [6, 6.07) is 0.0325. The third-order valence-electron chi connectivity index (χ3n) is 5.06. The summed E-state index contributed by atoms with van der Waals surface area (Å²) in [7, 11) is 0. The standard InChI is InChI=1S/C16H16Cl2N4O4S.Li/c1-5-9(17)10(18)12(19-5)14(24)21-11-6-2-22(3-7(6)11)16-20-8(4-23)13(27-16)15(25)26;/h6-7,11,19,23H,2-4H2,1H3,(H,21,24)(H,25,26);/q;+1/p-1/t6-,7+,11-;. The van der Waals surface area contributed by atoms with Gasteiger partial charge in [0.05, 0.1) is 33.2 Å². The predicted octanol–water partition coefficient (Wildman–Crippen LogP) is -2.19. The molecule has 2 fully saturated rings. The second kappa shape index (κ2) is 7.90. The molecule has 1 aliphatic carbocycles. The van der Waals surface area contributed by atoms with Gasteiger partial charge in [0.25, 0.3) is 5.91 Å². The molecule has 3 atom stereocenters. The zero-order valence-electron chi connectivity index (χ0n) is 15.1. The fourth-order valence-corrected chi connectivity index (χ4v) is 4.93.